The van der Waals surface area contributed by atoms with E-state index in [0.29, 0.717) is 11.4 Å². The SMILES string of the molecule is CC/C(S)=C(\N)C(C)=N. The van der Waals surface area contributed by atoms with Crippen molar-refractivity contribution in [2.75, 3.05) is 0 Å². The number of thiol groups is 1. The van der Waals surface area contributed by atoms with E-state index in [2.05, 4.69) is 12.6 Å². The van der Waals surface area contributed by atoms with Crippen LogP contribution in [0.15, 0.2) is 10.6 Å². The fourth-order valence-electron chi connectivity index (χ4n) is 0.407. The van der Waals surface area contributed by atoms with Crippen LogP contribution in [0.25, 0.3) is 0 Å². The van der Waals surface area contributed by atoms with E-state index in [9.17, 15) is 0 Å². The summed E-state index contributed by atoms with van der Waals surface area (Å²) in [6, 6.07) is 0. The van der Waals surface area contributed by atoms with Crippen LogP contribution in [0.3, 0.4) is 0 Å². The average Bonchev–Trinajstić information content (AvgIpc) is 1.84. The maximum atomic E-state index is 7.10. The first-order chi connectivity index (χ1) is 4.09. The molecule has 0 aliphatic heterocycles. The summed E-state index contributed by atoms with van der Waals surface area (Å²) >= 11 is 4.08. The Morgan fingerprint density at radius 1 is 1.67 bits per heavy atom. The van der Waals surface area contributed by atoms with Gasteiger partial charge in [-0.3, -0.25) is 0 Å². The van der Waals surface area contributed by atoms with Crippen LogP contribution in [-0.4, -0.2) is 5.71 Å². The molecule has 2 nitrogen and oxygen atoms in total. The fourth-order valence-corrected chi connectivity index (χ4v) is 0.575. The maximum absolute atomic E-state index is 7.10. The topological polar surface area (TPSA) is 49.9 Å². The third-order valence-corrected chi connectivity index (χ3v) is 1.61. The second-order valence-electron chi connectivity index (χ2n) is 1.84. The highest BCUT2D eigenvalue weighted by Gasteiger charge is 1.96. The molecule has 0 unspecified atom stereocenters. The molecule has 0 saturated heterocycles. The Morgan fingerprint density at radius 2 is 2.11 bits per heavy atom. The zero-order valence-corrected chi connectivity index (χ0v) is 6.63. The molecular weight excluding hydrogens is 132 g/mol. The molecule has 0 aliphatic rings. The molecule has 0 aliphatic carbocycles. The van der Waals surface area contributed by atoms with Gasteiger partial charge in [-0.05, 0) is 13.3 Å². The van der Waals surface area contributed by atoms with E-state index in [4.69, 9.17) is 11.1 Å². The molecule has 0 fully saturated rings. The summed E-state index contributed by atoms with van der Waals surface area (Å²) in [6.07, 6.45) is 0.797. The van der Waals surface area contributed by atoms with Gasteiger partial charge in [0, 0.05) is 4.91 Å². The Kier molecular flexibility index (Phi) is 3.39. The van der Waals surface area contributed by atoms with Crippen molar-refractivity contribution in [2.24, 2.45) is 5.73 Å². The van der Waals surface area contributed by atoms with Crippen LogP contribution in [0.5, 0.6) is 0 Å². The van der Waals surface area contributed by atoms with Gasteiger partial charge in [0.15, 0.2) is 0 Å². The lowest BCUT2D eigenvalue weighted by Gasteiger charge is -2.00. The monoisotopic (exact) mass is 144 g/mol. The summed E-state index contributed by atoms with van der Waals surface area (Å²) in [5, 5.41) is 7.10. The van der Waals surface area contributed by atoms with Crippen LogP contribution in [0.4, 0.5) is 0 Å². The van der Waals surface area contributed by atoms with Crippen LogP contribution in [0, 0.1) is 5.41 Å². The Bertz CT molecular complexity index is 149. The summed E-state index contributed by atoms with van der Waals surface area (Å²) in [6.45, 7) is 3.61. The predicted molar refractivity (Wildman–Crippen MR) is 43.9 cm³/mol. The normalized spacial score (nSPS) is 12.8. The second kappa shape index (κ2) is 3.56. The lowest BCUT2D eigenvalue weighted by atomic mass is 10.2. The third-order valence-electron chi connectivity index (χ3n) is 1.05. The standard InChI is InChI=1S/C6H12N2S/c1-3-5(9)6(8)4(2)7/h7,9H,3,8H2,1-2H3/b6-5+,7-4?. The summed E-state index contributed by atoms with van der Waals surface area (Å²) in [5.74, 6) is 0. The van der Waals surface area contributed by atoms with Crippen LogP contribution >= 0.6 is 12.6 Å². The minimum absolute atomic E-state index is 0.391. The molecule has 0 radical (unpaired) electrons. The summed E-state index contributed by atoms with van der Waals surface area (Å²) < 4.78 is 0. The van der Waals surface area contributed by atoms with Gasteiger partial charge in [-0.25, -0.2) is 0 Å². The first kappa shape index (κ1) is 8.56. The van der Waals surface area contributed by atoms with Crippen molar-refractivity contribution in [3.05, 3.63) is 10.6 Å². The van der Waals surface area contributed by atoms with E-state index >= 15 is 0 Å². The van der Waals surface area contributed by atoms with Gasteiger partial charge in [-0.15, -0.1) is 12.6 Å². The van der Waals surface area contributed by atoms with Gasteiger partial charge in [0.2, 0.25) is 0 Å². The van der Waals surface area contributed by atoms with E-state index < -0.39 is 0 Å². The molecule has 0 amide bonds. The molecule has 0 saturated carbocycles. The number of rotatable bonds is 2. The highest BCUT2D eigenvalue weighted by atomic mass is 32.1. The van der Waals surface area contributed by atoms with Crippen molar-refractivity contribution in [1.29, 1.82) is 5.41 Å². The predicted octanol–water partition coefficient (Wildman–Crippen LogP) is 1.54. The Morgan fingerprint density at radius 3 is 2.22 bits per heavy atom. The lowest BCUT2D eigenvalue weighted by Crippen LogP contribution is -2.07. The van der Waals surface area contributed by atoms with E-state index in [-0.39, 0.29) is 0 Å². The number of hydrogen-bond acceptors (Lipinski definition) is 3. The smallest absolute Gasteiger partial charge is 0.0616 e. The molecule has 0 aromatic carbocycles. The first-order valence-electron chi connectivity index (χ1n) is 2.82. The minimum atomic E-state index is 0.391. The maximum Gasteiger partial charge on any atom is 0.0616 e. The zero-order chi connectivity index (χ0) is 7.44. The van der Waals surface area contributed by atoms with Gasteiger partial charge in [0.25, 0.3) is 0 Å². The molecule has 0 bridgehead atoms. The molecule has 0 rings (SSSR count). The third kappa shape index (κ3) is 2.56. The van der Waals surface area contributed by atoms with Crippen LogP contribution in [0.1, 0.15) is 20.3 Å². The van der Waals surface area contributed by atoms with Crippen LogP contribution in [0.2, 0.25) is 0 Å². The Hall–Kier alpha value is -0.440. The molecule has 0 spiro atoms. The lowest BCUT2D eigenvalue weighted by molar-refractivity contribution is 1.16. The van der Waals surface area contributed by atoms with Crippen molar-refractivity contribution in [3.63, 3.8) is 0 Å². The highest BCUT2D eigenvalue weighted by molar-refractivity contribution is 7.84. The number of nitrogens with two attached hydrogens (primary N) is 1. The average molecular weight is 144 g/mol. The number of nitrogens with one attached hydrogen (secondary N) is 1. The summed E-state index contributed by atoms with van der Waals surface area (Å²) in [7, 11) is 0. The quantitative estimate of drug-likeness (QED) is 0.399. The van der Waals surface area contributed by atoms with Crippen LogP contribution < -0.4 is 5.73 Å². The van der Waals surface area contributed by atoms with Gasteiger partial charge >= 0.3 is 0 Å². The fraction of sp³-hybridized carbons (Fsp3) is 0.500. The Balaban J connectivity index is 4.28. The van der Waals surface area contributed by atoms with Gasteiger partial charge < -0.3 is 11.1 Å². The molecular formula is C6H12N2S. The van der Waals surface area contributed by atoms with E-state index in [1.54, 1.807) is 6.92 Å². The zero-order valence-electron chi connectivity index (χ0n) is 5.73. The van der Waals surface area contributed by atoms with Gasteiger partial charge in [-0.2, -0.15) is 0 Å². The molecule has 0 heterocycles. The highest BCUT2D eigenvalue weighted by Crippen LogP contribution is 2.08. The summed E-state index contributed by atoms with van der Waals surface area (Å²) in [5.41, 5.74) is 6.34. The number of allylic oxidation sites excluding steroid dienone is 2. The largest absolute Gasteiger partial charge is 0.397 e. The molecule has 9 heavy (non-hydrogen) atoms. The van der Waals surface area contributed by atoms with Gasteiger partial charge in [-0.1, -0.05) is 6.92 Å². The molecule has 3 heteroatoms. The van der Waals surface area contributed by atoms with Crippen LogP contribution in [-0.2, 0) is 0 Å². The van der Waals surface area contributed by atoms with Gasteiger partial charge in [0.1, 0.15) is 0 Å². The van der Waals surface area contributed by atoms with E-state index in [0.717, 1.165) is 11.3 Å². The minimum Gasteiger partial charge on any atom is -0.397 e. The van der Waals surface area contributed by atoms with Crippen molar-refractivity contribution in [2.45, 2.75) is 20.3 Å². The molecule has 0 aromatic rings. The van der Waals surface area contributed by atoms with Crippen molar-refractivity contribution >= 4 is 18.3 Å². The molecule has 52 valence electrons. The van der Waals surface area contributed by atoms with E-state index in [1.165, 1.54) is 0 Å². The van der Waals surface area contributed by atoms with Gasteiger partial charge in [0.05, 0.1) is 11.4 Å². The molecule has 0 atom stereocenters. The van der Waals surface area contributed by atoms with Crippen molar-refractivity contribution in [1.82, 2.24) is 0 Å². The first-order valence-corrected chi connectivity index (χ1v) is 3.27. The van der Waals surface area contributed by atoms with E-state index in [1.807, 2.05) is 6.92 Å². The number of hydrogen-bond donors (Lipinski definition) is 3. The molecule has 0 aromatic heterocycles. The Labute approximate surface area is 61.1 Å². The van der Waals surface area contributed by atoms with Crippen molar-refractivity contribution in [3.8, 4) is 0 Å². The van der Waals surface area contributed by atoms with Crippen molar-refractivity contribution < 1.29 is 0 Å². The summed E-state index contributed by atoms with van der Waals surface area (Å²) in [4.78, 5) is 0.794. The second-order valence-corrected chi connectivity index (χ2v) is 2.38. The molecule has 3 N–H and O–H groups in total.